The van der Waals surface area contributed by atoms with Crippen LogP contribution in [0.1, 0.15) is 39.7 Å². The number of benzene rings is 2. The number of carbonyl (C=O) groups excluding carboxylic acids is 1. The number of aromatic nitrogens is 5. The van der Waals surface area contributed by atoms with Gasteiger partial charge < -0.3 is 9.47 Å². The molecule has 40 heavy (non-hydrogen) atoms. The topological polar surface area (TPSA) is 68.8 Å². The van der Waals surface area contributed by atoms with Crippen molar-refractivity contribution in [3.8, 4) is 11.1 Å². The lowest BCUT2D eigenvalue weighted by Crippen LogP contribution is -2.38. The number of imidazole rings is 1. The van der Waals surface area contributed by atoms with Crippen LogP contribution in [0.4, 0.5) is 18.9 Å². The standard InChI is InChI=1S/C29H24BrF3N6O/c1-3-17-10-22-25(4-6-35-26(22)24(30)13-17)39-8-5-19-20(23-15-37(2)36-27(23)29(31,32)33)11-18(12-21(19)28(39)40)14-38-9-7-34-16-38/h4,6-7,9-13,15-16H,3,5,8,14H2,1-2H3. The van der Waals surface area contributed by atoms with Crippen molar-refractivity contribution < 1.29 is 18.0 Å². The highest BCUT2D eigenvalue weighted by Gasteiger charge is 2.39. The maximum atomic E-state index is 14.2. The zero-order chi connectivity index (χ0) is 28.2. The van der Waals surface area contributed by atoms with Gasteiger partial charge in [0, 0.05) is 65.9 Å². The first-order valence-corrected chi connectivity index (χ1v) is 13.5. The minimum Gasteiger partial charge on any atom is -0.333 e. The number of nitrogens with zero attached hydrogens (tertiary/aromatic N) is 6. The summed E-state index contributed by atoms with van der Waals surface area (Å²) in [5.74, 6) is -0.266. The second-order valence-electron chi connectivity index (χ2n) is 9.83. The molecule has 0 unspecified atom stereocenters. The van der Waals surface area contributed by atoms with Gasteiger partial charge >= 0.3 is 6.18 Å². The molecule has 11 heteroatoms. The molecule has 2 aromatic carbocycles. The van der Waals surface area contributed by atoms with Crippen LogP contribution in [0.5, 0.6) is 0 Å². The number of amides is 1. The van der Waals surface area contributed by atoms with Gasteiger partial charge in [0.2, 0.25) is 0 Å². The number of halogens is 4. The van der Waals surface area contributed by atoms with Gasteiger partial charge in [-0.25, -0.2) is 4.98 Å². The van der Waals surface area contributed by atoms with Gasteiger partial charge in [-0.2, -0.15) is 18.3 Å². The van der Waals surface area contributed by atoms with Crippen LogP contribution < -0.4 is 4.90 Å². The van der Waals surface area contributed by atoms with E-state index in [1.807, 2.05) is 22.8 Å². The van der Waals surface area contributed by atoms with E-state index in [1.165, 1.54) is 13.2 Å². The van der Waals surface area contributed by atoms with Crippen molar-refractivity contribution in [3.63, 3.8) is 0 Å². The second-order valence-corrected chi connectivity index (χ2v) is 10.7. The molecule has 0 spiro atoms. The van der Waals surface area contributed by atoms with Gasteiger partial charge in [-0.15, -0.1) is 0 Å². The zero-order valence-electron chi connectivity index (χ0n) is 21.7. The first-order chi connectivity index (χ1) is 19.1. The molecule has 0 atom stereocenters. The SMILES string of the molecule is CCc1cc(Br)c2nccc(N3CCc4c(cc(Cn5ccnc5)cc4-c4cn(C)nc4C(F)(F)F)C3=O)c2c1. The first kappa shape index (κ1) is 26.2. The number of carbonyl (C=O) groups is 1. The summed E-state index contributed by atoms with van der Waals surface area (Å²) in [6.45, 7) is 2.72. The highest BCUT2D eigenvalue weighted by Crippen LogP contribution is 2.41. The average molecular weight is 609 g/mol. The largest absolute Gasteiger partial charge is 0.435 e. The van der Waals surface area contributed by atoms with E-state index in [1.54, 1.807) is 42.0 Å². The summed E-state index contributed by atoms with van der Waals surface area (Å²) in [4.78, 5) is 24.4. The Labute approximate surface area is 236 Å². The van der Waals surface area contributed by atoms with Crippen LogP contribution in [0.15, 0.2) is 65.9 Å². The number of aryl methyl sites for hydroxylation is 2. The lowest BCUT2D eigenvalue weighted by Gasteiger charge is -2.31. The Balaban J connectivity index is 1.53. The molecule has 0 saturated carbocycles. The molecule has 6 rings (SSSR count). The van der Waals surface area contributed by atoms with E-state index >= 15 is 0 Å². The lowest BCUT2D eigenvalue weighted by molar-refractivity contribution is -0.140. The summed E-state index contributed by atoms with van der Waals surface area (Å²) in [5.41, 5.74) is 3.58. The molecule has 0 N–H and O–H groups in total. The molecule has 0 aliphatic carbocycles. The number of anilines is 1. The Morgan fingerprint density at radius 2 is 1.85 bits per heavy atom. The predicted octanol–water partition coefficient (Wildman–Crippen LogP) is 6.43. The molecule has 0 fully saturated rings. The van der Waals surface area contributed by atoms with E-state index in [0.29, 0.717) is 41.8 Å². The summed E-state index contributed by atoms with van der Waals surface area (Å²) in [7, 11) is 1.46. The lowest BCUT2D eigenvalue weighted by atomic mass is 9.87. The zero-order valence-corrected chi connectivity index (χ0v) is 23.3. The van der Waals surface area contributed by atoms with Gasteiger partial charge in [-0.1, -0.05) is 6.92 Å². The van der Waals surface area contributed by atoms with Crippen molar-refractivity contribution in [2.75, 3.05) is 11.4 Å². The molecule has 1 aliphatic rings. The summed E-state index contributed by atoms with van der Waals surface area (Å²) in [5, 5.41) is 4.56. The van der Waals surface area contributed by atoms with E-state index in [9.17, 15) is 18.0 Å². The van der Waals surface area contributed by atoms with E-state index < -0.39 is 11.9 Å². The molecule has 204 valence electrons. The Hall–Kier alpha value is -3.99. The van der Waals surface area contributed by atoms with Gasteiger partial charge in [-0.05, 0) is 81.4 Å². The van der Waals surface area contributed by atoms with Crippen LogP contribution in [-0.2, 0) is 32.6 Å². The third-order valence-corrected chi connectivity index (χ3v) is 7.82. The molecular weight excluding hydrogens is 585 g/mol. The summed E-state index contributed by atoms with van der Waals surface area (Å²) < 4.78 is 45.9. The van der Waals surface area contributed by atoms with Crippen LogP contribution in [-0.4, -0.2) is 36.8 Å². The molecule has 1 aliphatic heterocycles. The maximum absolute atomic E-state index is 14.2. The Morgan fingerprint density at radius 3 is 2.58 bits per heavy atom. The van der Waals surface area contributed by atoms with Crippen molar-refractivity contribution in [2.24, 2.45) is 7.05 Å². The molecule has 0 bridgehead atoms. The summed E-state index contributed by atoms with van der Waals surface area (Å²) in [6.07, 6.45) is 4.62. The Kier molecular flexibility index (Phi) is 6.48. The van der Waals surface area contributed by atoms with E-state index in [2.05, 4.69) is 37.9 Å². The fourth-order valence-corrected chi connectivity index (χ4v) is 6.01. The number of fused-ring (bicyclic) bond motifs is 2. The predicted molar refractivity (Wildman–Crippen MR) is 149 cm³/mol. The molecule has 7 nitrogen and oxygen atoms in total. The highest BCUT2D eigenvalue weighted by atomic mass is 79.9. The normalized spacial score (nSPS) is 13.8. The maximum Gasteiger partial charge on any atom is 0.435 e. The highest BCUT2D eigenvalue weighted by molar-refractivity contribution is 9.10. The Bertz CT molecular complexity index is 1760. The second kappa shape index (κ2) is 9.88. The van der Waals surface area contributed by atoms with Crippen molar-refractivity contribution in [3.05, 3.63) is 93.9 Å². The van der Waals surface area contributed by atoms with Gasteiger partial charge in [0.05, 0.1) is 17.5 Å². The minimum atomic E-state index is -4.64. The molecule has 0 radical (unpaired) electrons. The summed E-state index contributed by atoms with van der Waals surface area (Å²) in [6, 6.07) is 9.40. The third kappa shape index (κ3) is 4.57. The van der Waals surface area contributed by atoms with Gasteiger partial charge in [0.1, 0.15) is 0 Å². The molecule has 5 aromatic rings. The van der Waals surface area contributed by atoms with E-state index in [0.717, 1.165) is 37.7 Å². The van der Waals surface area contributed by atoms with Crippen molar-refractivity contribution >= 4 is 38.4 Å². The van der Waals surface area contributed by atoms with Crippen LogP contribution in [0.3, 0.4) is 0 Å². The van der Waals surface area contributed by atoms with Crippen LogP contribution in [0.2, 0.25) is 0 Å². The van der Waals surface area contributed by atoms with Crippen molar-refractivity contribution in [1.29, 1.82) is 0 Å². The first-order valence-electron chi connectivity index (χ1n) is 12.8. The number of rotatable bonds is 5. The number of hydrogen-bond acceptors (Lipinski definition) is 4. The number of alkyl halides is 3. The number of hydrogen-bond donors (Lipinski definition) is 0. The van der Waals surface area contributed by atoms with E-state index in [4.69, 9.17) is 0 Å². The van der Waals surface area contributed by atoms with Crippen molar-refractivity contribution in [2.45, 2.75) is 32.5 Å². The fourth-order valence-electron chi connectivity index (χ4n) is 5.40. The molecule has 3 aromatic heterocycles. The van der Waals surface area contributed by atoms with Crippen LogP contribution in [0.25, 0.3) is 22.0 Å². The molecule has 4 heterocycles. The van der Waals surface area contributed by atoms with Crippen LogP contribution >= 0.6 is 15.9 Å². The van der Waals surface area contributed by atoms with E-state index in [-0.39, 0.29) is 11.5 Å². The van der Waals surface area contributed by atoms with Gasteiger partial charge in [0.15, 0.2) is 5.69 Å². The summed E-state index contributed by atoms with van der Waals surface area (Å²) >= 11 is 3.61. The molecule has 1 amide bonds. The smallest absolute Gasteiger partial charge is 0.333 e. The third-order valence-electron chi connectivity index (χ3n) is 7.22. The van der Waals surface area contributed by atoms with Gasteiger partial charge in [-0.3, -0.25) is 14.5 Å². The average Bonchev–Trinajstić information content (AvgIpc) is 3.58. The quantitative estimate of drug-likeness (QED) is 0.231. The monoisotopic (exact) mass is 608 g/mol. The van der Waals surface area contributed by atoms with Crippen molar-refractivity contribution in [1.82, 2.24) is 24.3 Å². The molecule has 0 saturated heterocycles. The van der Waals surface area contributed by atoms with Gasteiger partial charge in [0.25, 0.3) is 5.91 Å². The number of pyridine rings is 1. The fraction of sp³-hybridized carbons (Fsp3) is 0.241. The minimum absolute atomic E-state index is 0.0362. The Morgan fingerprint density at radius 1 is 1.05 bits per heavy atom. The molecular formula is C29H24BrF3N6O. The van der Waals surface area contributed by atoms with Crippen LogP contribution in [0, 0.1) is 0 Å².